The molecule has 0 saturated carbocycles. The quantitative estimate of drug-likeness (QED) is 0.687. The second-order valence-corrected chi connectivity index (χ2v) is 8.13. The lowest BCUT2D eigenvalue weighted by Gasteiger charge is -2.38. The number of benzene rings is 1. The Balaban J connectivity index is 1.41. The zero-order valence-corrected chi connectivity index (χ0v) is 17.0. The Kier molecular flexibility index (Phi) is 7.13. The molecule has 0 aromatic heterocycles. The number of hydrogen-bond donors (Lipinski definition) is 0. The third-order valence-corrected chi connectivity index (χ3v) is 5.45. The number of carbonyl (C=O) groups excluding carboxylic acids is 1. The number of hydrogen-bond acceptors (Lipinski definition) is 4. The molecule has 2 fully saturated rings. The number of carbonyl (C=O) groups is 1. The van der Waals surface area contributed by atoms with Crippen LogP contribution in [0.15, 0.2) is 24.3 Å². The summed E-state index contributed by atoms with van der Waals surface area (Å²) in [6.07, 6.45) is 4.12. The summed E-state index contributed by atoms with van der Waals surface area (Å²) in [5, 5.41) is 0. The van der Waals surface area contributed by atoms with Crippen LogP contribution >= 0.6 is 0 Å². The Morgan fingerprint density at radius 3 is 2.78 bits per heavy atom. The molecule has 2 aliphatic heterocycles. The van der Waals surface area contributed by atoms with Crippen LogP contribution in [0.25, 0.3) is 0 Å². The van der Waals surface area contributed by atoms with E-state index in [4.69, 9.17) is 9.47 Å². The first kappa shape index (κ1) is 20.2. The molecule has 0 bridgehead atoms. The number of amides is 1. The van der Waals surface area contributed by atoms with Crippen molar-refractivity contribution < 1.29 is 14.3 Å². The Labute approximate surface area is 163 Å². The Bertz CT molecular complexity index is 611. The highest BCUT2D eigenvalue weighted by Gasteiger charge is 2.32. The van der Waals surface area contributed by atoms with Crippen molar-refractivity contribution in [2.24, 2.45) is 0 Å². The van der Waals surface area contributed by atoms with Gasteiger partial charge in [0.1, 0.15) is 5.75 Å². The summed E-state index contributed by atoms with van der Waals surface area (Å²) < 4.78 is 11.6. The number of likely N-dealkylation sites (tertiary alicyclic amines) is 1. The lowest BCUT2D eigenvalue weighted by atomic mass is 10.1. The zero-order valence-electron chi connectivity index (χ0n) is 17.0. The molecule has 0 radical (unpaired) electrons. The molecule has 1 aromatic carbocycles. The average Bonchev–Trinajstić information content (AvgIpc) is 3.06. The van der Waals surface area contributed by atoms with Crippen molar-refractivity contribution in [3.63, 3.8) is 0 Å². The zero-order chi connectivity index (χ0) is 19.2. The molecular formula is C22H34N2O3. The van der Waals surface area contributed by atoms with Gasteiger partial charge in [0.2, 0.25) is 5.91 Å². The van der Waals surface area contributed by atoms with Gasteiger partial charge in [-0.2, -0.15) is 0 Å². The highest BCUT2D eigenvalue weighted by Crippen LogP contribution is 2.22. The van der Waals surface area contributed by atoms with Crippen LogP contribution in [0.4, 0.5) is 0 Å². The van der Waals surface area contributed by atoms with E-state index in [1.54, 1.807) is 0 Å². The van der Waals surface area contributed by atoms with Crippen LogP contribution in [0.5, 0.6) is 5.75 Å². The van der Waals surface area contributed by atoms with Crippen LogP contribution in [-0.4, -0.2) is 66.7 Å². The molecule has 150 valence electrons. The maximum Gasteiger partial charge on any atom is 0.222 e. The predicted octanol–water partition coefficient (Wildman–Crippen LogP) is 3.25. The smallest absolute Gasteiger partial charge is 0.222 e. The maximum atomic E-state index is 12.7. The number of ether oxygens (including phenoxy) is 2. The van der Waals surface area contributed by atoms with E-state index < -0.39 is 0 Å². The SMILES string of the molecule is Cc1cccc(OCCCC(=O)N2CCCC2CN2CC(C)OC(C)C2)c1. The van der Waals surface area contributed by atoms with E-state index in [1.807, 2.05) is 18.2 Å². The lowest BCUT2D eigenvalue weighted by Crippen LogP contribution is -2.50. The first-order valence-corrected chi connectivity index (χ1v) is 10.4. The molecule has 0 spiro atoms. The third-order valence-electron chi connectivity index (χ3n) is 5.45. The Morgan fingerprint density at radius 1 is 1.26 bits per heavy atom. The Morgan fingerprint density at radius 2 is 2.04 bits per heavy atom. The van der Waals surface area contributed by atoms with E-state index in [1.165, 1.54) is 5.56 Å². The molecule has 2 saturated heterocycles. The van der Waals surface area contributed by atoms with Crippen molar-refractivity contribution in [1.29, 1.82) is 0 Å². The molecule has 5 nitrogen and oxygen atoms in total. The van der Waals surface area contributed by atoms with Crippen molar-refractivity contribution in [2.75, 3.05) is 32.8 Å². The lowest BCUT2D eigenvalue weighted by molar-refractivity contribution is -0.133. The van der Waals surface area contributed by atoms with Crippen LogP contribution in [0.3, 0.4) is 0 Å². The van der Waals surface area contributed by atoms with E-state index in [-0.39, 0.29) is 18.1 Å². The van der Waals surface area contributed by atoms with Crippen LogP contribution in [0, 0.1) is 6.92 Å². The Hall–Kier alpha value is -1.59. The summed E-state index contributed by atoms with van der Waals surface area (Å²) in [4.78, 5) is 17.3. The summed E-state index contributed by atoms with van der Waals surface area (Å²) in [5.41, 5.74) is 1.19. The van der Waals surface area contributed by atoms with Crippen LogP contribution in [-0.2, 0) is 9.53 Å². The summed E-state index contributed by atoms with van der Waals surface area (Å²) >= 11 is 0. The summed E-state index contributed by atoms with van der Waals surface area (Å²) in [6.45, 7) is 10.7. The summed E-state index contributed by atoms with van der Waals surface area (Å²) in [6, 6.07) is 8.41. The van der Waals surface area contributed by atoms with Gasteiger partial charge in [-0.25, -0.2) is 0 Å². The molecule has 3 unspecified atom stereocenters. The fourth-order valence-electron chi connectivity index (χ4n) is 4.35. The minimum absolute atomic E-state index is 0.276. The molecule has 1 amide bonds. The van der Waals surface area contributed by atoms with E-state index in [0.29, 0.717) is 19.1 Å². The van der Waals surface area contributed by atoms with Crippen molar-refractivity contribution in [2.45, 2.75) is 64.7 Å². The molecular weight excluding hydrogens is 340 g/mol. The second kappa shape index (κ2) is 9.56. The molecule has 3 atom stereocenters. The highest BCUT2D eigenvalue weighted by molar-refractivity contribution is 5.76. The number of aryl methyl sites for hydroxylation is 1. The van der Waals surface area contributed by atoms with Crippen LogP contribution < -0.4 is 4.74 Å². The number of morpholine rings is 1. The predicted molar refractivity (Wildman–Crippen MR) is 107 cm³/mol. The van der Waals surface area contributed by atoms with Gasteiger partial charge < -0.3 is 14.4 Å². The fraction of sp³-hybridized carbons (Fsp3) is 0.682. The third kappa shape index (κ3) is 5.94. The van der Waals surface area contributed by atoms with Gasteiger partial charge in [0.15, 0.2) is 0 Å². The largest absolute Gasteiger partial charge is 0.494 e. The van der Waals surface area contributed by atoms with Crippen molar-refractivity contribution >= 4 is 5.91 Å². The molecule has 0 aliphatic carbocycles. The van der Waals surface area contributed by atoms with Gasteiger partial charge in [-0.05, 0) is 57.7 Å². The first-order valence-electron chi connectivity index (χ1n) is 10.4. The minimum atomic E-state index is 0.276. The van der Waals surface area contributed by atoms with Crippen molar-refractivity contribution in [3.05, 3.63) is 29.8 Å². The second-order valence-electron chi connectivity index (χ2n) is 8.13. The van der Waals surface area contributed by atoms with Gasteiger partial charge >= 0.3 is 0 Å². The van der Waals surface area contributed by atoms with Crippen LogP contribution in [0.2, 0.25) is 0 Å². The van der Waals surface area contributed by atoms with Gasteiger partial charge in [0.25, 0.3) is 0 Å². The van der Waals surface area contributed by atoms with E-state index >= 15 is 0 Å². The summed E-state index contributed by atoms with van der Waals surface area (Å²) in [7, 11) is 0. The average molecular weight is 375 g/mol. The van der Waals surface area contributed by atoms with Gasteiger partial charge in [-0.3, -0.25) is 9.69 Å². The van der Waals surface area contributed by atoms with Crippen molar-refractivity contribution in [3.8, 4) is 5.75 Å². The molecule has 3 rings (SSSR count). The molecule has 2 heterocycles. The fourth-order valence-corrected chi connectivity index (χ4v) is 4.35. The molecule has 1 aromatic rings. The summed E-state index contributed by atoms with van der Waals surface area (Å²) in [5.74, 6) is 1.16. The number of nitrogens with zero attached hydrogens (tertiary/aromatic N) is 2. The van der Waals surface area contributed by atoms with Gasteiger partial charge in [0.05, 0.1) is 18.8 Å². The normalized spacial score (nSPS) is 26.3. The topological polar surface area (TPSA) is 42.0 Å². The van der Waals surface area contributed by atoms with Crippen LogP contribution in [0.1, 0.15) is 45.1 Å². The highest BCUT2D eigenvalue weighted by atomic mass is 16.5. The van der Waals surface area contributed by atoms with E-state index in [2.05, 4.69) is 36.6 Å². The maximum absolute atomic E-state index is 12.7. The van der Waals surface area contributed by atoms with Gasteiger partial charge in [0, 0.05) is 38.6 Å². The van der Waals surface area contributed by atoms with E-state index in [0.717, 1.165) is 51.2 Å². The molecule has 2 aliphatic rings. The molecule has 0 N–H and O–H groups in total. The standard InChI is InChI=1S/C22H34N2O3/c1-17-7-4-9-21(13-17)26-12-6-10-22(25)24-11-5-8-20(24)16-23-14-18(2)27-19(3)15-23/h4,7,9,13,18-20H,5-6,8,10-12,14-16H2,1-3H3. The van der Waals surface area contributed by atoms with Gasteiger partial charge in [-0.1, -0.05) is 12.1 Å². The number of rotatable bonds is 7. The molecule has 27 heavy (non-hydrogen) atoms. The minimum Gasteiger partial charge on any atom is -0.494 e. The van der Waals surface area contributed by atoms with Gasteiger partial charge in [-0.15, -0.1) is 0 Å². The van der Waals surface area contributed by atoms with E-state index in [9.17, 15) is 4.79 Å². The molecule has 5 heteroatoms. The van der Waals surface area contributed by atoms with Crippen molar-refractivity contribution in [1.82, 2.24) is 9.80 Å². The monoisotopic (exact) mass is 374 g/mol. The first-order chi connectivity index (χ1) is 13.0.